The van der Waals surface area contributed by atoms with Crippen LogP contribution in [0.25, 0.3) is 17.1 Å². The number of fused-ring (bicyclic) bond motifs is 5. The third-order valence-corrected chi connectivity index (χ3v) is 3.51. The first-order chi connectivity index (χ1) is 10.1. The van der Waals surface area contributed by atoms with Crippen LogP contribution in [0.3, 0.4) is 0 Å². The number of benzene rings is 1. The summed E-state index contributed by atoms with van der Waals surface area (Å²) >= 11 is 0. The van der Waals surface area contributed by atoms with Crippen molar-refractivity contribution in [1.82, 2.24) is 24.3 Å². The summed E-state index contributed by atoms with van der Waals surface area (Å²) in [6.07, 6.45) is 2.94. The van der Waals surface area contributed by atoms with Gasteiger partial charge in [0.1, 0.15) is 12.7 Å². The van der Waals surface area contributed by atoms with Gasteiger partial charge in [-0.15, -0.1) is 0 Å². The molecule has 3 heterocycles. The highest BCUT2D eigenvalue weighted by atomic mass is 16.4. The SMILES string of the molecule is Nc1ccc2c(c1)-c1ncnn1Cc1c(C(=O)O)ncn1-2. The number of carboxylic acid groups (broad SMARTS) is 1. The van der Waals surface area contributed by atoms with E-state index in [0.29, 0.717) is 17.2 Å². The number of anilines is 1. The molecule has 0 radical (unpaired) electrons. The smallest absolute Gasteiger partial charge is 0.356 e. The third-order valence-electron chi connectivity index (χ3n) is 3.51. The summed E-state index contributed by atoms with van der Waals surface area (Å²) < 4.78 is 3.39. The number of nitrogens with two attached hydrogens (primary N) is 1. The molecule has 8 nitrogen and oxygen atoms in total. The highest BCUT2D eigenvalue weighted by Gasteiger charge is 2.25. The predicted octanol–water partition coefficient (Wildman–Crippen LogP) is 0.773. The fourth-order valence-electron chi connectivity index (χ4n) is 2.58. The Labute approximate surface area is 118 Å². The zero-order valence-electron chi connectivity index (χ0n) is 10.8. The van der Waals surface area contributed by atoms with Gasteiger partial charge in [0.2, 0.25) is 0 Å². The van der Waals surface area contributed by atoms with Crippen LogP contribution < -0.4 is 5.73 Å². The molecule has 21 heavy (non-hydrogen) atoms. The maximum absolute atomic E-state index is 11.3. The first kappa shape index (κ1) is 11.6. The summed E-state index contributed by atoms with van der Waals surface area (Å²) in [5, 5.41) is 13.4. The molecule has 4 rings (SSSR count). The lowest BCUT2D eigenvalue weighted by Crippen LogP contribution is -2.09. The highest BCUT2D eigenvalue weighted by Crippen LogP contribution is 2.32. The normalized spacial score (nSPS) is 12.2. The Bertz CT molecular complexity index is 879. The van der Waals surface area contributed by atoms with E-state index in [-0.39, 0.29) is 12.2 Å². The molecule has 0 fully saturated rings. The number of aromatic nitrogens is 5. The molecule has 3 N–H and O–H groups in total. The first-order valence-corrected chi connectivity index (χ1v) is 6.23. The van der Waals surface area contributed by atoms with Crippen LogP contribution in [0.2, 0.25) is 0 Å². The Morgan fingerprint density at radius 3 is 3.00 bits per heavy atom. The Kier molecular flexibility index (Phi) is 2.17. The molecule has 8 heteroatoms. The van der Waals surface area contributed by atoms with Crippen molar-refractivity contribution in [2.24, 2.45) is 0 Å². The molecule has 0 aliphatic carbocycles. The third kappa shape index (κ3) is 1.55. The van der Waals surface area contributed by atoms with E-state index in [9.17, 15) is 9.90 Å². The summed E-state index contributed by atoms with van der Waals surface area (Å²) in [7, 11) is 0. The van der Waals surface area contributed by atoms with Crippen LogP contribution in [0.15, 0.2) is 30.9 Å². The minimum absolute atomic E-state index is 0.0149. The molecule has 0 saturated carbocycles. The van der Waals surface area contributed by atoms with Crippen LogP contribution in [-0.4, -0.2) is 35.4 Å². The molecule has 0 saturated heterocycles. The van der Waals surface area contributed by atoms with E-state index in [1.54, 1.807) is 21.4 Å². The lowest BCUT2D eigenvalue weighted by Gasteiger charge is -2.08. The minimum atomic E-state index is -1.07. The van der Waals surface area contributed by atoms with Gasteiger partial charge in [-0.1, -0.05) is 0 Å². The maximum Gasteiger partial charge on any atom is 0.356 e. The van der Waals surface area contributed by atoms with Crippen LogP contribution in [0.4, 0.5) is 5.69 Å². The largest absolute Gasteiger partial charge is 0.476 e. The van der Waals surface area contributed by atoms with Crippen molar-refractivity contribution in [3.05, 3.63) is 42.2 Å². The zero-order valence-corrected chi connectivity index (χ0v) is 10.8. The number of aromatic carboxylic acids is 1. The van der Waals surface area contributed by atoms with Crippen LogP contribution in [0.1, 0.15) is 16.2 Å². The van der Waals surface area contributed by atoms with Gasteiger partial charge in [0, 0.05) is 11.3 Å². The summed E-state index contributed by atoms with van der Waals surface area (Å²) in [6, 6.07) is 5.38. The molecule has 0 unspecified atom stereocenters. The van der Waals surface area contributed by atoms with Gasteiger partial charge in [0.15, 0.2) is 11.5 Å². The maximum atomic E-state index is 11.3. The Morgan fingerprint density at radius 2 is 2.19 bits per heavy atom. The number of hydrogen-bond donors (Lipinski definition) is 2. The average Bonchev–Trinajstić information content (AvgIpc) is 3.04. The van der Waals surface area contributed by atoms with Gasteiger partial charge < -0.3 is 10.8 Å². The van der Waals surface area contributed by atoms with Crippen molar-refractivity contribution in [2.75, 3.05) is 5.73 Å². The summed E-state index contributed by atoms with van der Waals surface area (Å²) in [4.78, 5) is 19.6. The monoisotopic (exact) mass is 282 g/mol. The second-order valence-corrected chi connectivity index (χ2v) is 4.73. The van der Waals surface area contributed by atoms with E-state index < -0.39 is 5.97 Å². The standard InChI is InChI=1S/C13H10N6O2/c14-7-1-2-9-8(3-7)12-15-5-17-19(12)4-10-11(13(20)21)16-6-18(9)10/h1-3,5-6H,4,14H2,(H,20,21). The van der Waals surface area contributed by atoms with Gasteiger partial charge in [0.05, 0.1) is 17.9 Å². The van der Waals surface area contributed by atoms with Crippen LogP contribution in [0.5, 0.6) is 0 Å². The number of rotatable bonds is 1. The van der Waals surface area contributed by atoms with Gasteiger partial charge in [-0.2, -0.15) is 5.10 Å². The van der Waals surface area contributed by atoms with Crippen molar-refractivity contribution in [1.29, 1.82) is 0 Å². The molecular formula is C13H10N6O2. The molecule has 3 aromatic rings. The first-order valence-electron chi connectivity index (χ1n) is 6.23. The molecular weight excluding hydrogens is 272 g/mol. The van der Waals surface area contributed by atoms with Crippen LogP contribution in [-0.2, 0) is 6.54 Å². The van der Waals surface area contributed by atoms with E-state index in [2.05, 4.69) is 15.1 Å². The molecule has 1 aliphatic rings. The van der Waals surface area contributed by atoms with Gasteiger partial charge in [-0.05, 0) is 18.2 Å². The Morgan fingerprint density at radius 1 is 1.33 bits per heavy atom. The molecule has 0 spiro atoms. The fraction of sp³-hybridized carbons (Fsp3) is 0.0769. The van der Waals surface area contributed by atoms with E-state index >= 15 is 0 Å². The number of nitrogens with zero attached hydrogens (tertiary/aromatic N) is 5. The Balaban J connectivity index is 2.09. The predicted molar refractivity (Wildman–Crippen MR) is 73.1 cm³/mol. The molecule has 0 amide bonds. The summed E-state index contributed by atoms with van der Waals surface area (Å²) in [5.41, 5.74) is 8.60. The number of imidazole rings is 1. The van der Waals surface area contributed by atoms with Crippen molar-refractivity contribution in [2.45, 2.75) is 6.54 Å². The molecule has 1 aromatic carbocycles. The lowest BCUT2D eigenvalue weighted by atomic mass is 10.1. The molecule has 1 aliphatic heterocycles. The van der Waals surface area contributed by atoms with E-state index in [0.717, 1.165) is 11.3 Å². The van der Waals surface area contributed by atoms with Crippen LogP contribution >= 0.6 is 0 Å². The van der Waals surface area contributed by atoms with Crippen molar-refractivity contribution in [3.8, 4) is 17.1 Å². The zero-order chi connectivity index (χ0) is 14.6. The van der Waals surface area contributed by atoms with Crippen molar-refractivity contribution < 1.29 is 9.90 Å². The van der Waals surface area contributed by atoms with E-state index in [1.807, 2.05) is 6.07 Å². The fourth-order valence-corrected chi connectivity index (χ4v) is 2.58. The second kappa shape index (κ2) is 3.92. The van der Waals surface area contributed by atoms with Crippen molar-refractivity contribution >= 4 is 11.7 Å². The Hall–Kier alpha value is -3.16. The van der Waals surface area contributed by atoms with E-state index in [1.165, 1.54) is 12.7 Å². The number of carbonyl (C=O) groups is 1. The number of nitrogen functional groups attached to an aromatic ring is 1. The topological polar surface area (TPSA) is 112 Å². The molecule has 0 atom stereocenters. The lowest BCUT2D eigenvalue weighted by molar-refractivity contribution is 0.0689. The van der Waals surface area contributed by atoms with Gasteiger partial charge >= 0.3 is 5.97 Å². The van der Waals surface area contributed by atoms with Crippen molar-refractivity contribution in [3.63, 3.8) is 0 Å². The van der Waals surface area contributed by atoms with Gasteiger partial charge in [0.25, 0.3) is 0 Å². The minimum Gasteiger partial charge on any atom is -0.476 e. The quantitative estimate of drug-likeness (QED) is 0.499. The van der Waals surface area contributed by atoms with E-state index in [4.69, 9.17) is 5.73 Å². The highest BCUT2D eigenvalue weighted by molar-refractivity contribution is 5.87. The molecule has 2 aromatic heterocycles. The van der Waals surface area contributed by atoms with Crippen LogP contribution in [0, 0.1) is 0 Å². The second-order valence-electron chi connectivity index (χ2n) is 4.73. The molecule has 104 valence electrons. The molecule has 0 bridgehead atoms. The number of carboxylic acids is 1. The van der Waals surface area contributed by atoms with Gasteiger partial charge in [-0.25, -0.2) is 19.4 Å². The average molecular weight is 282 g/mol. The summed E-state index contributed by atoms with van der Waals surface area (Å²) in [6.45, 7) is 0.283. The summed E-state index contributed by atoms with van der Waals surface area (Å²) in [5.74, 6) is -0.415. The van der Waals surface area contributed by atoms with Gasteiger partial charge in [-0.3, -0.25) is 4.57 Å². The number of hydrogen-bond acceptors (Lipinski definition) is 5.